The third-order valence-corrected chi connectivity index (χ3v) is 4.90. The number of rotatable bonds is 4. The van der Waals surface area contributed by atoms with Crippen molar-refractivity contribution in [2.24, 2.45) is 0 Å². The lowest BCUT2D eigenvalue weighted by Gasteiger charge is -2.39. The summed E-state index contributed by atoms with van der Waals surface area (Å²) in [5.74, 6) is 0.995. The lowest BCUT2D eigenvalue weighted by atomic mass is 10.1. The van der Waals surface area contributed by atoms with Gasteiger partial charge in [0.2, 0.25) is 5.91 Å². The number of benzene rings is 2. The summed E-state index contributed by atoms with van der Waals surface area (Å²) in [6.45, 7) is 2.42. The Morgan fingerprint density at radius 1 is 1.14 bits per heavy atom. The van der Waals surface area contributed by atoms with E-state index in [1.54, 1.807) is 68.5 Å². The second kappa shape index (κ2) is 8.39. The van der Waals surface area contributed by atoms with E-state index in [9.17, 15) is 9.59 Å². The van der Waals surface area contributed by atoms with E-state index >= 15 is 0 Å². The highest BCUT2D eigenvalue weighted by molar-refractivity contribution is 6.30. The minimum Gasteiger partial charge on any atom is -0.497 e. The molecule has 1 saturated heterocycles. The first kappa shape index (κ1) is 19.8. The fourth-order valence-corrected chi connectivity index (χ4v) is 3.35. The van der Waals surface area contributed by atoms with Crippen molar-refractivity contribution in [2.75, 3.05) is 37.5 Å². The van der Waals surface area contributed by atoms with E-state index in [2.05, 4.69) is 5.32 Å². The van der Waals surface area contributed by atoms with Gasteiger partial charge >= 0.3 is 6.03 Å². The van der Waals surface area contributed by atoms with Crippen LogP contribution in [-0.2, 0) is 4.79 Å². The third kappa shape index (κ3) is 3.99. The summed E-state index contributed by atoms with van der Waals surface area (Å²) in [6, 6.07) is 11.2. The number of anilines is 2. The largest absolute Gasteiger partial charge is 0.497 e. The molecule has 1 N–H and O–H groups in total. The highest BCUT2D eigenvalue weighted by Gasteiger charge is 2.36. The van der Waals surface area contributed by atoms with Crippen LogP contribution in [0.5, 0.6) is 11.5 Å². The van der Waals surface area contributed by atoms with E-state index in [1.807, 2.05) is 0 Å². The Hall–Kier alpha value is -2.93. The molecule has 0 bridgehead atoms. The highest BCUT2D eigenvalue weighted by atomic mass is 35.5. The number of hydrogen-bond donors (Lipinski definition) is 1. The lowest BCUT2D eigenvalue weighted by molar-refractivity contribution is -0.123. The van der Waals surface area contributed by atoms with E-state index in [4.69, 9.17) is 21.1 Å². The molecule has 1 aliphatic rings. The van der Waals surface area contributed by atoms with Crippen LogP contribution in [0.3, 0.4) is 0 Å². The van der Waals surface area contributed by atoms with Crippen LogP contribution >= 0.6 is 11.6 Å². The van der Waals surface area contributed by atoms with Gasteiger partial charge in [0.05, 0.1) is 19.9 Å². The van der Waals surface area contributed by atoms with Crippen LogP contribution in [-0.4, -0.2) is 50.2 Å². The SMILES string of the molecule is COc1ccc(OC)c(N2CCN(C(=O)Nc3cccc(Cl)c3)[C@@H](C)C2=O)c1. The first-order chi connectivity index (χ1) is 13.4. The van der Waals surface area contributed by atoms with Crippen LogP contribution in [0.4, 0.5) is 16.2 Å². The van der Waals surface area contributed by atoms with Crippen molar-refractivity contribution >= 4 is 34.9 Å². The summed E-state index contributed by atoms with van der Waals surface area (Å²) in [5.41, 5.74) is 1.20. The summed E-state index contributed by atoms with van der Waals surface area (Å²) < 4.78 is 10.7. The Morgan fingerprint density at radius 2 is 1.93 bits per heavy atom. The maximum absolute atomic E-state index is 13.0. The predicted molar refractivity (Wildman–Crippen MR) is 109 cm³/mol. The molecule has 8 heteroatoms. The van der Waals surface area contributed by atoms with Gasteiger partial charge in [-0.05, 0) is 37.3 Å². The highest BCUT2D eigenvalue weighted by Crippen LogP contribution is 2.34. The number of halogens is 1. The third-order valence-electron chi connectivity index (χ3n) is 4.67. The maximum Gasteiger partial charge on any atom is 0.322 e. The number of piperazine rings is 1. The molecule has 1 heterocycles. The number of ether oxygens (including phenoxy) is 2. The molecule has 1 aliphatic heterocycles. The molecule has 0 unspecified atom stereocenters. The Balaban J connectivity index is 1.77. The van der Waals surface area contributed by atoms with Gasteiger partial charge in [0, 0.05) is 29.9 Å². The summed E-state index contributed by atoms with van der Waals surface area (Å²) in [6.07, 6.45) is 0. The van der Waals surface area contributed by atoms with Gasteiger partial charge in [-0.2, -0.15) is 0 Å². The number of urea groups is 1. The molecule has 2 aromatic carbocycles. The summed E-state index contributed by atoms with van der Waals surface area (Å²) in [5, 5.41) is 3.31. The van der Waals surface area contributed by atoms with E-state index in [0.717, 1.165) is 0 Å². The van der Waals surface area contributed by atoms with Crippen molar-refractivity contribution in [2.45, 2.75) is 13.0 Å². The number of amides is 3. The fraction of sp³-hybridized carbons (Fsp3) is 0.300. The molecule has 0 aromatic heterocycles. The molecule has 28 heavy (non-hydrogen) atoms. The zero-order valence-electron chi connectivity index (χ0n) is 15.9. The Morgan fingerprint density at radius 3 is 2.61 bits per heavy atom. The molecule has 148 valence electrons. The van der Waals surface area contributed by atoms with E-state index in [1.165, 1.54) is 4.90 Å². The Bertz CT molecular complexity index is 890. The minimum atomic E-state index is -0.635. The van der Waals surface area contributed by atoms with E-state index in [-0.39, 0.29) is 11.9 Å². The first-order valence-electron chi connectivity index (χ1n) is 8.81. The van der Waals surface area contributed by atoms with Crippen molar-refractivity contribution in [1.82, 2.24) is 4.90 Å². The molecule has 1 atom stereocenters. The number of nitrogens with one attached hydrogen (secondary N) is 1. The molecule has 3 amide bonds. The van der Waals surface area contributed by atoms with Crippen LogP contribution in [0.15, 0.2) is 42.5 Å². The molecular weight excluding hydrogens is 382 g/mol. The van der Waals surface area contributed by atoms with Crippen molar-refractivity contribution < 1.29 is 19.1 Å². The Kier molecular flexibility index (Phi) is 5.94. The molecule has 2 aromatic rings. The molecular formula is C20H22ClN3O4. The van der Waals surface area contributed by atoms with Crippen LogP contribution < -0.4 is 19.7 Å². The van der Waals surface area contributed by atoms with Gasteiger partial charge < -0.3 is 24.6 Å². The Labute approximate surface area is 168 Å². The minimum absolute atomic E-state index is 0.195. The monoisotopic (exact) mass is 403 g/mol. The number of methoxy groups -OCH3 is 2. The average molecular weight is 404 g/mol. The average Bonchev–Trinajstić information content (AvgIpc) is 2.69. The standard InChI is InChI=1S/C20H22ClN3O4/c1-13-19(25)24(17-12-16(27-2)7-8-18(17)28-3)10-9-23(13)20(26)22-15-6-4-5-14(21)11-15/h4-8,11-13H,9-10H2,1-3H3,(H,22,26)/t13-/m0/s1. The zero-order chi connectivity index (χ0) is 20.3. The van der Waals surface area contributed by atoms with Gasteiger partial charge in [0.1, 0.15) is 17.5 Å². The van der Waals surface area contributed by atoms with Gasteiger partial charge in [0.25, 0.3) is 0 Å². The summed E-state index contributed by atoms with van der Waals surface area (Å²) in [4.78, 5) is 28.8. The fourth-order valence-electron chi connectivity index (χ4n) is 3.16. The summed E-state index contributed by atoms with van der Waals surface area (Å²) >= 11 is 5.96. The van der Waals surface area contributed by atoms with Gasteiger partial charge in [-0.3, -0.25) is 4.79 Å². The number of carbonyl (C=O) groups is 2. The number of nitrogens with zero attached hydrogens (tertiary/aromatic N) is 2. The van der Waals surface area contributed by atoms with Crippen LogP contribution in [0.25, 0.3) is 0 Å². The molecule has 0 radical (unpaired) electrons. The normalized spacial score (nSPS) is 16.7. The smallest absolute Gasteiger partial charge is 0.322 e. The second-order valence-corrected chi connectivity index (χ2v) is 6.77. The molecule has 1 fully saturated rings. The van der Waals surface area contributed by atoms with Crippen molar-refractivity contribution in [3.05, 3.63) is 47.5 Å². The van der Waals surface area contributed by atoms with Crippen LogP contribution in [0.1, 0.15) is 6.92 Å². The second-order valence-electron chi connectivity index (χ2n) is 6.34. The number of carbonyl (C=O) groups excluding carboxylic acids is 2. The molecule has 7 nitrogen and oxygen atoms in total. The van der Waals surface area contributed by atoms with Gasteiger partial charge in [-0.15, -0.1) is 0 Å². The maximum atomic E-state index is 13.0. The first-order valence-corrected chi connectivity index (χ1v) is 9.19. The van der Waals surface area contributed by atoms with Crippen LogP contribution in [0.2, 0.25) is 5.02 Å². The topological polar surface area (TPSA) is 71.1 Å². The molecule has 0 saturated carbocycles. The van der Waals surface area contributed by atoms with Gasteiger partial charge in [0.15, 0.2) is 0 Å². The lowest BCUT2D eigenvalue weighted by Crippen LogP contribution is -2.58. The van der Waals surface area contributed by atoms with E-state index in [0.29, 0.717) is 41.0 Å². The molecule has 3 rings (SSSR count). The summed E-state index contributed by atoms with van der Waals surface area (Å²) in [7, 11) is 3.11. The number of hydrogen-bond acceptors (Lipinski definition) is 4. The van der Waals surface area contributed by atoms with Gasteiger partial charge in [-0.1, -0.05) is 17.7 Å². The predicted octanol–water partition coefficient (Wildman–Crippen LogP) is 3.63. The quantitative estimate of drug-likeness (QED) is 0.846. The zero-order valence-corrected chi connectivity index (χ0v) is 16.7. The van der Waals surface area contributed by atoms with Crippen molar-refractivity contribution in [1.29, 1.82) is 0 Å². The molecule has 0 aliphatic carbocycles. The molecule has 0 spiro atoms. The van der Waals surface area contributed by atoms with Crippen LogP contribution in [0, 0.1) is 0 Å². The van der Waals surface area contributed by atoms with Crippen molar-refractivity contribution in [3.63, 3.8) is 0 Å². The van der Waals surface area contributed by atoms with Gasteiger partial charge in [-0.25, -0.2) is 4.79 Å². The van der Waals surface area contributed by atoms with E-state index < -0.39 is 6.04 Å². The van der Waals surface area contributed by atoms with Crippen molar-refractivity contribution in [3.8, 4) is 11.5 Å².